The summed E-state index contributed by atoms with van der Waals surface area (Å²) in [5.41, 5.74) is 7.85. The number of hydrogen-bond acceptors (Lipinski definition) is 5. The van der Waals surface area contributed by atoms with Gasteiger partial charge in [-0.15, -0.1) is 0 Å². The molecule has 0 heterocycles. The highest BCUT2D eigenvalue weighted by Crippen LogP contribution is 2.39. The quantitative estimate of drug-likeness (QED) is 0.716. The summed E-state index contributed by atoms with van der Waals surface area (Å²) in [6.07, 6.45) is 3.48. The number of phenols is 2. The zero-order valence-corrected chi connectivity index (χ0v) is 14.7. The van der Waals surface area contributed by atoms with E-state index in [1.165, 1.54) is 6.07 Å². The van der Waals surface area contributed by atoms with Crippen molar-refractivity contribution in [1.82, 2.24) is 0 Å². The maximum atomic E-state index is 12.2. The van der Waals surface area contributed by atoms with Crippen LogP contribution in [0.3, 0.4) is 0 Å². The van der Waals surface area contributed by atoms with Crippen molar-refractivity contribution in [2.75, 3.05) is 0 Å². The van der Waals surface area contributed by atoms with Crippen LogP contribution in [0.4, 0.5) is 0 Å². The lowest BCUT2D eigenvalue weighted by Crippen LogP contribution is -2.37. The normalized spacial score (nSPS) is 21.1. The number of ether oxygens (including phenoxy) is 1. The lowest BCUT2D eigenvalue weighted by Gasteiger charge is -2.29. The van der Waals surface area contributed by atoms with E-state index in [-0.39, 0.29) is 29.5 Å². The molecule has 0 unspecified atom stereocenters. The third-order valence-corrected chi connectivity index (χ3v) is 5.01. The second-order valence-corrected chi connectivity index (χ2v) is 6.95. The van der Waals surface area contributed by atoms with Crippen LogP contribution in [0.1, 0.15) is 42.7 Å². The summed E-state index contributed by atoms with van der Waals surface area (Å²) in [6, 6.07) is 13.7. The van der Waals surface area contributed by atoms with E-state index in [9.17, 15) is 15.0 Å². The largest absolute Gasteiger partial charge is 0.508 e. The van der Waals surface area contributed by atoms with Crippen molar-refractivity contribution in [1.29, 1.82) is 0 Å². The van der Waals surface area contributed by atoms with Crippen LogP contribution >= 0.6 is 0 Å². The minimum atomic E-state index is -0.656. The maximum absolute atomic E-state index is 12.2. The molecule has 0 saturated heterocycles. The van der Waals surface area contributed by atoms with E-state index in [0.717, 1.165) is 36.8 Å². The Morgan fingerprint density at radius 3 is 2.42 bits per heavy atom. The molecule has 5 heteroatoms. The van der Waals surface area contributed by atoms with Crippen molar-refractivity contribution in [2.45, 2.75) is 50.2 Å². The lowest BCUT2D eigenvalue weighted by molar-refractivity contribution is -0.152. The molecule has 1 fully saturated rings. The molecular formula is C21H25NO4. The van der Waals surface area contributed by atoms with Crippen molar-refractivity contribution in [3.05, 3.63) is 59.7 Å². The monoisotopic (exact) mass is 355 g/mol. The number of hydrogen-bond donors (Lipinski definition) is 3. The first kappa shape index (κ1) is 18.3. The molecule has 26 heavy (non-hydrogen) atoms. The van der Waals surface area contributed by atoms with Gasteiger partial charge in [-0.1, -0.05) is 36.4 Å². The van der Waals surface area contributed by atoms with E-state index in [4.69, 9.17) is 10.5 Å². The maximum Gasteiger partial charge on any atom is 0.323 e. The van der Waals surface area contributed by atoms with Crippen molar-refractivity contribution in [3.63, 3.8) is 0 Å². The molecule has 1 atom stereocenters. The Hall–Kier alpha value is -2.53. The molecule has 0 aliphatic heterocycles. The fourth-order valence-electron chi connectivity index (χ4n) is 3.57. The topological polar surface area (TPSA) is 92.8 Å². The number of esters is 1. The third-order valence-electron chi connectivity index (χ3n) is 5.01. The van der Waals surface area contributed by atoms with Gasteiger partial charge in [0.05, 0.1) is 0 Å². The van der Waals surface area contributed by atoms with Gasteiger partial charge in [-0.3, -0.25) is 4.79 Å². The van der Waals surface area contributed by atoms with Gasteiger partial charge in [0.25, 0.3) is 0 Å². The highest BCUT2D eigenvalue weighted by Gasteiger charge is 2.28. The second-order valence-electron chi connectivity index (χ2n) is 6.95. The minimum absolute atomic E-state index is 0.0567. The first-order valence-electron chi connectivity index (χ1n) is 9.05. The molecule has 2 aromatic carbocycles. The van der Waals surface area contributed by atoms with Gasteiger partial charge in [0.15, 0.2) is 0 Å². The standard InChI is InChI=1S/C21H25NO4/c22-19(12-14-4-2-1-3-5-14)21(25)26-17-9-6-15(7-10-17)18-11-8-16(23)13-20(18)24/h1-5,8,11,13,15,17,19,23-24H,6-7,9-10,12,22H2/t15?,17?,19-/m1/s1. The fourth-order valence-corrected chi connectivity index (χ4v) is 3.57. The van der Waals surface area contributed by atoms with Crippen LogP contribution in [0.5, 0.6) is 11.5 Å². The number of rotatable bonds is 5. The molecule has 138 valence electrons. The molecule has 0 bridgehead atoms. The van der Waals surface area contributed by atoms with Crippen LogP contribution in [0.25, 0.3) is 0 Å². The Morgan fingerprint density at radius 2 is 1.77 bits per heavy atom. The SMILES string of the molecule is N[C@H](Cc1ccccc1)C(=O)OC1CCC(c2ccc(O)cc2O)CC1. The summed E-state index contributed by atoms with van der Waals surface area (Å²) in [7, 11) is 0. The van der Waals surface area contributed by atoms with Crippen LogP contribution < -0.4 is 5.73 Å². The second kappa shape index (κ2) is 8.23. The molecule has 1 saturated carbocycles. The molecular weight excluding hydrogens is 330 g/mol. The molecule has 0 aromatic heterocycles. The van der Waals surface area contributed by atoms with Crippen LogP contribution in [0.15, 0.2) is 48.5 Å². The average Bonchev–Trinajstić information content (AvgIpc) is 2.63. The molecule has 0 spiro atoms. The number of nitrogens with two attached hydrogens (primary N) is 1. The summed E-state index contributed by atoms with van der Waals surface area (Å²) >= 11 is 0. The number of phenolic OH excluding ortho intramolecular Hbond substituents is 2. The summed E-state index contributed by atoms with van der Waals surface area (Å²) < 4.78 is 5.59. The minimum Gasteiger partial charge on any atom is -0.508 e. The molecule has 1 aliphatic rings. The highest BCUT2D eigenvalue weighted by atomic mass is 16.5. The van der Waals surface area contributed by atoms with Gasteiger partial charge in [0.2, 0.25) is 0 Å². The number of aromatic hydroxyl groups is 2. The molecule has 1 aliphatic carbocycles. The van der Waals surface area contributed by atoms with Gasteiger partial charge in [0, 0.05) is 6.07 Å². The van der Waals surface area contributed by atoms with E-state index in [2.05, 4.69) is 0 Å². The van der Waals surface area contributed by atoms with Crippen LogP contribution in [0.2, 0.25) is 0 Å². The summed E-state index contributed by atoms with van der Waals surface area (Å²) in [5, 5.41) is 19.4. The van der Waals surface area contributed by atoms with E-state index in [1.807, 2.05) is 30.3 Å². The predicted octanol–water partition coefficient (Wildman–Crippen LogP) is 3.24. The van der Waals surface area contributed by atoms with Gasteiger partial charge < -0.3 is 20.7 Å². The summed E-state index contributed by atoms with van der Waals surface area (Å²) in [6.45, 7) is 0. The van der Waals surface area contributed by atoms with Crippen molar-refractivity contribution in [2.24, 2.45) is 5.73 Å². The number of benzene rings is 2. The summed E-state index contributed by atoms with van der Waals surface area (Å²) in [4.78, 5) is 12.2. The molecule has 3 rings (SSSR count). The van der Waals surface area contributed by atoms with Crippen molar-refractivity contribution >= 4 is 5.97 Å². The molecule has 0 amide bonds. The Kier molecular flexibility index (Phi) is 5.78. The lowest BCUT2D eigenvalue weighted by atomic mass is 9.82. The third kappa shape index (κ3) is 4.55. The van der Waals surface area contributed by atoms with E-state index in [1.54, 1.807) is 12.1 Å². The zero-order valence-electron chi connectivity index (χ0n) is 14.7. The predicted molar refractivity (Wildman–Crippen MR) is 99.0 cm³/mol. The average molecular weight is 355 g/mol. The molecule has 5 nitrogen and oxygen atoms in total. The van der Waals surface area contributed by atoms with E-state index < -0.39 is 6.04 Å². The van der Waals surface area contributed by atoms with Crippen molar-refractivity contribution < 1.29 is 19.7 Å². The first-order valence-corrected chi connectivity index (χ1v) is 9.05. The smallest absolute Gasteiger partial charge is 0.323 e. The first-order chi connectivity index (χ1) is 12.5. The molecule has 2 aromatic rings. The molecule has 0 radical (unpaired) electrons. The van der Waals surface area contributed by atoms with Gasteiger partial charge in [0.1, 0.15) is 23.6 Å². The Morgan fingerprint density at radius 1 is 1.08 bits per heavy atom. The Balaban J connectivity index is 1.49. The summed E-state index contributed by atoms with van der Waals surface area (Å²) in [5.74, 6) is 0.0323. The van der Waals surface area contributed by atoms with E-state index >= 15 is 0 Å². The Labute approximate surface area is 153 Å². The van der Waals surface area contributed by atoms with Gasteiger partial charge in [-0.25, -0.2) is 0 Å². The van der Waals surface area contributed by atoms with Crippen LogP contribution in [-0.2, 0) is 16.0 Å². The highest BCUT2D eigenvalue weighted by molar-refractivity contribution is 5.76. The van der Waals surface area contributed by atoms with Crippen LogP contribution in [0, 0.1) is 0 Å². The van der Waals surface area contributed by atoms with Crippen LogP contribution in [-0.4, -0.2) is 28.3 Å². The van der Waals surface area contributed by atoms with Crippen molar-refractivity contribution in [3.8, 4) is 11.5 Å². The molecule has 4 N–H and O–H groups in total. The van der Waals surface area contributed by atoms with Gasteiger partial charge in [-0.05, 0) is 55.2 Å². The van der Waals surface area contributed by atoms with Gasteiger partial charge in [-0.2, -0.15) is 0 Å². The van der Waals surface area contributed by atoms with E-state index in [0.29, 0.717) is 6.42 Å². The zero-order chi connectivity index (χ0) is 18.5. The fraction of sp³-hybridized carbons (Fsp3) is 0.381. The number of carbonyl (C=O) groups excluding carboxylic acids is 1. The van der Waals surface area contributed by atoms with Gasteiger partial charge >= 0.3 is 5.97 Å². The Bertz CT molecular complexity index is 739. The number of carbonyl (C=O) groups is 1.